The fourth-order valence-corrected chi connectivity index (χ4v) is 2.38. The van der Waals surface area contributed by atoms with Crippen LogP contribution in [0.15, 0.2) is 30.3 Å². The zero-order valence-corrected chi connectivity index (χ0v) is 9.61. The van der Waals surface area contributed by atoms with E-state index in [1.807, 2.05) is 6.07 Å². The van der Waals surface area contributed by atoms with Gasteiger partial charge in [-0.15, -0.1) is 0 Å². The average Bonchev–Trinajstić information content (AvgIpc) is 2.67. The van der Waals surface area contributed by atoms with Crippen molar-refractivity contribution in [3.8, 4) is 0 Å². The molecule has 1 aliphatic heterocycles. The molecule has 0 saturated carbocycles. The molecule has 1 fully saturated rings. The van der Waals surface area contributed by atoms with E-state index >= 15 is 0 Å². The van der Waals surface area contributed by atoms with E-state index < -0.39 is 0 Å². The minimum absolute atomic E-state index is 0.348. The standard InChI is InChI=1S/C11H13IO/c12-8-10-6-7-11(13-10)9-4-2-1-3-5-9/h1-5,10-11H,6-8H2. The number of halogens is 1. The summed E-state index contributed by atoms with van der Waals surface area (Å²) in [6, 6.07) is 10.5. The average molecular weight is 288 g/mol. The molecule has 2 rings (SSSR count). The van der Waals surface area contributed by atoms with E-state index in [-0.39, 0.29) is 0 Å². The first kappa shape index (κ1) is 9.46. The normalized spacial score (nSPS) is 27.8. The smallest absolute Gasteiger partial charge is 0.0830 e. The summed E-state index contributed by atoms with van der Waals surface area (Å²) in [7, 11) is 0. The molecular weight excluding hydrogens is 275 g/mol. The molecule has 0 amide bonds. The molecule has 0 radical (unpaired) electrons. The van der Waals surface area contributed by atoms with Crippen LogP contribution in [0.4, 0.5) is 0 Å². The van der Waals surface area contributed by atoms with Gasteiger partial charge in [0.05, 0.1) is 12.2 Å². The molecule has 0 spiro atoms. The second kappa shape index (κ2) is 4.42. The van der Waals surface area contributed by atoms with E-state index in [2.05, 4.69) is 46.9 Å². The first-order chi connectivity index (χ1) is 6.40. The Morgan fingerprint density at radius 1 is 1.23 bits per heavy atom. The van der Waals surface area contributed by atoms with Gasteiger partial charge in [0, 0.05) is 4.43 Å². The van der Waals surface area contributed by atoms with Crippen molar-refractivity contribution in [2.24, 2.45) is 0 Å². The van der Waals surface area contributed by atoms with Gasteiger partial charge in [-0.2, -0.15) is 0 Å². The number of benzene rings is 1. The summed E-state index contributed by atoms with van der Waals surface area (Å²) in [5, 5.41) is 0. The van der Waals surface area contributed by atoms with Gasteiger partial charge in [-0.1, -0.05) is 52.9 Å². The molecule has 1 aliphatic rings. The topological polar surface area (TPSA) is 9.23 Å². The van der Waals surface area contributed by atoms with E-state index in [1.165, 1.54) is 18.4 Å². The Bertz CT molecular complexity index is 260. The van der Waals surface area contributed by atoms with Crippen molar-refractivity contribution in [3.63, 3.8) is 0 Å². The van der Waals surface area contributed by atoms with E-state index in [4.69, 9.17) is 4.74 Å². The lowest BCUT2D eigenvalue weighted by molar-refractivity contribution is 0.0597. The van der Waals surface area contributed by atoms with Crippen LogP contribution >= 0.6 is 22.6 Å². The van der Waals surface area contributed by atoms with Crippen molar-refractivity contribution in [1.82, 2.24) is 0 Å². The van der Waals surface area contributed by atoms with Gasteiger partial charge in [0.2, 0.25) is 0 Å². The van der Waals surface area contributed by atoms with Crippen LogP contribution in [0.5, 0.6) is 0 Å². The van der Waals surface area contributed by atoms with Crippen molar-refractivity contribution in [1.29, 1.82) is 0 Å². The molecule has 1 aromatic rings. The molecule has 2 heteroatoms. The Hall–Kier alpha value is -0.0900. The highest BCUT2D eigenvalue weighted by Gasteiger charge is 2.24. The third kappa shape index (κ3) is 2.23. The monoisotopic (exact) mass is 288 g/mol. The van der Waals surface area contributed by atoms with Gasteiger partial charge in [-0.25, -0.2) is 0 Å². The Morgan fingerprint density at radius 3 is 2.62 bits per heavy atom. The lowest BCUT2D eigenvalue weighted by Gasteiger charge is -2.11. The predicted octanol–water partition coefficient (Wildman–Crippen LogP) is 3.34. The quantitative estimate of drug-likeness (QED) is 0.599. The molecule has 1 aromatic carbocycles. The van der Waals surface area contributed by atoms with E-state index in [9.17, 15) is 0 Å². The molecule has 13 heavy (non-hydrogen) atoms. The Morgan fingerprint density at radius 2 is 2.00 bits per heavy atom. The molecule has 2 unspecified atom stereocenters. The first-order valence-corrected chi connectivity index (χ1v) is 6.19. The van der Waals surface area contributed by atoms with Gasteiger partial charge in [-0.3, -0.25) is 0 Å². The lowest BCUT2D eigenvalue weighted by atomic mass is 10.1. The van der Waals surface area contributed by atoms with E-state index in [1.54, 1.807) is 0 Å². The summed E-state index contributed by atoms with van der Waals surface area (Å²) in [6.45, 7) is 0. The third-order valence-electron chi connectivity index (χ3n) is 2.45. The van der Waals surface area contributed by atoms with Gasteiger partial charge in [0.15, 0.2) is 0 Å². The number of rotatable bonds is 2. The molecule has 0 N–H and O–H groups in total. The minimum atomic E-state index is 0.348. The molecular formula is C11H13IO. The minimum Gasteiger partial charge on any atom is -0.370 e. The van der Waals surface area contributed by atoms with Crippen LogP contribution in [-0.2, 0) is 4.74 Å². The highest BCUT2D eigenvalue weighted by molar-refractivity contribution is 14.1. The summed E-state index contributed by atoms with van der Waals surface area (Å²) in [4.78, 5) is 0. The zero-order valence-electron chi connectivity index (χ0n) is 7.45. The van der Waals surface area contributed by atoms with Crippen LogP contribution in [0, 0.1) is 0 Å². The fourth-order valence-electron chi connectivity index (χ4n) is 1.73. The van der Waals surface area contributed by atoms with Crippen LogP contribution in [0.25, 0.3) is 0 Å². The van der Waals surface area contributed by atoms with Crippen LogP contribution in [-0.4, -0.2) is 10.5 Å². The Balaban J connectivity index is 2.04. The molecule has 0 aromatic heterocycles. The maximum Gasteiger partial charge on any atom is 0.0830 e. The summed E-state index contributed by atoms with van der Waals surface area (Å²) in [5.74, 6) is 0. The molecule has 0 aliphatic carbocycles. The number of alkyl halides is 1. The van der Waals surface area contributed by atoms with Crippen molar-refractivity contribution in [2.45, 2.75) is 25.0 Å². The molecule has 0 bridgehead atoms. The van der Waals surface area contributed by atoms with Crippen LogP contribution < -0.4 is 0 Å². The summed E-state index contributed by atoms with van der Waals surface area (Å²) >= 11 is 2.39. The van der Waals surface area contributed by atoms with Crippen molar-refractivity contribution in [3.05, 3.63) is 35.9 Å². The van der Waals surface area contributed by atoms with E-state index in [0.29, 0.717) is 12.2 Å². The van der Waals surface area contributed by atoms with Crippen LogP contribution in [0.2, 0.25) is 0 Å². The van der Waals surface area contributed by atoms with Crippen molar-refractivity contribution < 1.29 is 4.74 Å². The van der Waals surface area contributed by atoms with Gasteiger partial charge in [-0.05, 0) is 18.4 Å². The Kier molecular flexibility index (Phi) is 3.22. The van der Waals surface area contributed by atoms with Gasteiger partial charge < -0.3 is 4.74 Å². The second-order valence-corrected chi connectivity index (χ2v) is 4.27. The van der Waals surface area contributed by atoms with Crippen LogP contribution in [0.1, 0.15) is 24.5 Å². The Labute approximate surface area is 92.6 Å². The third-order valence-corrected chi connectivity index (χ3v) is 3.43. The number of hydrogen-bond donors (Lipinski definition) is 0. The van der Waals surface area contributed by atoms with Crippen molar-refractivity contribution in [2.75, 3.05) is 4.43 Å². The van der Waals surface area contributed by atoms with Gasteiger partial charge >= 0.3 is 0 Å². The highest BCUT2D eigenvalue weighted by atomic mass is 127. The number of hydrogen-bond acceptors (Lipinski definition) is 1. The summed E-state index contributed by atoms with van der Waals surface area (Å²) in [5.41, 5.74) is 1.33. The largest absolute Gasteiger partial charge is 0.370 e. The lowest BCUT2D eigenvalue weighted by Crippen LogP contribution is -2.07. The summed E-state index contributed by atoms with van der Waals surface area (Å²) < 4.78 is 7.00. The molecule has 70 valence electrons. The van der Waals surface area contributed by atoms with Crippen LogP contribution in [0.3, 0.4) is 0 Å². The molecule has 1 saturated heterocycles. The van der Waals surface area contributed by atoms with Gasteiger partial charge in [0.1, 0.15) is 0 Å². The maximum absolute atomic E-state index is 5.89. The molecule has 2 atom stereocenters. The fraction of sp³-hybridized carbons (Fsp3) is 0.455. The molecule has 1 nitrogen and oxygen atoms in total. The van der Waals surface area contributed by atoms with Crippen molar-refractivity contribution >= 4 is 22.6 Å². The maximum atomic E-state index is 5.89. The van der Waals surface area contributed by atoms with E-state index in [0.717, 1.165) is 4.43 Å². The predicted molar refractivity (Wildman–Crippen MR) is 62.2 cm³/mol. The SMILES string of the molecule is ICC1CCC(c2ccccc2)O1. The summed E-state index contributed by atoms with van der Waals surface area (Å²) in [6.07, 6.45) is 3.21. The van der Waals surface area contributed by atoms with Gasteiger partial charge in [0.25, 0.3) is 0 Å². The highest BCUT2D eigenvalue weighted by Crippen LogP contribution is 2.32. The zero-order chi connectivity index (χ0) is 9.10. The number of ether oxygens (including phenoxy) is 1. The molecule has 1 heterocycles. The first-order valence-electron chi connectivity index (χ1n) is 4.66. The second-order valence-electron chi connectivity index (χ2n) is 3.39.